The van der Waals surface area contributed by atoms with Gasteiger partial charge >= 0.3 is 5.97 Å². The standard InChI is InChI=1S/C13H15NO2/c1-3-9-14-12(13(15)16)11-7-5-10(4-2)6-8-11/h1,5-8,12,14H,4,9H2,2H3,(H,15,16). The third kappa shape index (κ3) is 3.11. The lowest BCUT2D eigenvalue weighted by Gasteiger charge is -2.13. The van der Waals surface area contributed by atoms with Crippen molar-refractivity contribution in [3.05, 3.63) is 35.4 Å². The van der Waals surface area contributed by atoms with Crippen molar-refractivity contribution in [2.75, 3.05) is 6.54 Å². The minimum Gasteiger partial charge on any atom is -0.480 e. The van der Waals surface area contributed by atoms with Gasteiger partial charge in [0, 0.05) is 0 Å². The van der Waals surface area contributed by atoms with E-state index in [2.05, 4.69) is 18.2 Å². The Hall–Kier alpha value is -1.79. The lowest BCUT2D eigenvalue weighted by Crippen LogP contribution is -2.28. The van der Waals surface area contributed by atoms with Crippen molar-refractivity contribution in [1.29, 1.82) is 0 Å². The highest BCUT2D eigenvalue weighted by atomic mass is 16.4. The maximum atomic E-state index is 11.0. The summed E-state index contributed by atoms with van der Waals surface area (Å²) in [6.45, 7) is 2.30. The van der Waals surface area contributed by atoms with E-state index in [1.54, 1.807) is 0 Å². The Morgan fingerprint density at radius 1 is 1.50 bits per heavy atom. The third-order valence-electron chi connectivity index (χ3n) is 2.38. The molecule has 3 heteroatoms. The molecule has 3 nitrogen and oxygen atoms in total. The van der Waals surface area contributed by atoms with Crippen molar-refractivity contribution in [2.24, 2.45) is 0 Å². The molecule has 1 aromatic rings. The highest BCUT2D eigenvalue weighted by molar-refractivity contribution is 5.75. The smallest absolute Gasteiger partial charge is 0.325 e. The Labute approximate surface area is 95.5 Å². The minimum absolute atomic E-state index is 0.243. The van der Waals surface area contributed by atoms with Gasteiger partial charge in [0.25, 0.3) is 0 Å². The second kappa shape index (κ2) is 5.94. The topological polar surface area (TPSA) is 49.3 Å². The number of carboxylic acid groups (broad SMARTS) is 1. The predicted octanol–water partition coefficient (Wildman–Crippen LogP) is 1.60. The average Bonchev–Trinajstić information content (AvgIpc) is 2.30. The Morgan fingerprint density at radius 2 is 2.12 bits per heavy atom. The van der Waals surface area contributed by atoms with Crippen LogP contribution in [0.1, 0.15) is 24.1 Å². The molecule has 0 radical (unpaired) electrons. The Balaban J connectivity index is 2.84. The number of aryl methyl sites for hydroxylation is 1. The maximum Gasteiger partial charge on any atom is 0.325 e. The molecule has 1 atom stereocenters. The minimum atomic E-state index is -0.917. The van der Waals surface area contributed by atoms with Crippen LogP contribution >= 0.6 is 0 Å². The molecule has 0 amide bonds. The molecule has 0 bridgehead atoms. The molecule has 0 saturated carbocycles. The van der Waals surface area contributed by atoms with E-state index in [9.17, 15) is 4.79 Å². The highest BCUT2D eigenvalue weighted by Gasteiger charge is 2.17. The number of terminal acetylenes is 1. The van der Waals surface area contributed by atoms with Crippen molar-refractivity contribution in [1.82, 2.24) is 5.32 Å². The van der Waals surface area contributed by atoms with E-state index in [-0.39, 0.29) is 6.54 Å². The fourth-order valence-electron chi connectivity index (χ4n) is 1.45. The van der Waals surface area contributed by atoms with Gasteiger partial charge in [0.15, 0.2) is 0 Å². The van der Waals surface area contributed by atoms with Crippen molar-refractivity contribution in [3.63, 3.8) is 0 Å². The zero-order chi connectivity index (χ0) is 12.0. The summed E-state index contributed by atoms with van der Waals surface area (Å²) in [6, 6.07) is 6.77. The van der Waals surface area contributed by atoms with E-state index in [1.165, 1.54) is 5.56 Å². The third-order valence-corrected chi connectivity index (χ3v) is 2.38. The molecule has 0 heterocycles. The molecule has 0 fully saturated rings. The molecule has 0 aliphatic carbocycles. The van der Waals surface area contributed by atoms with Crippen LogP contribution in [0.25, 0.3) is 0 Å². The van der Waals surface area contributed by atoms with Crippen LogP contribution in [-0.2, 0) is 11.2 Å². The zero-order valence-corrected chi connectivity index (χ0v) is 9.23. The van der Waals surface area contributed by atoms with Gasteiger partial charge < -0.3 is 5.11 Å². The van der Waals surface area contributed by atoms with Crippen LogP contribution in [0.4, 0.5) is 0 Å². The lowest BCUT2D eigenvalue weighted by atomic mass is 10.0. The van der Waals surface area contributed by atoms with Gasteiger partial charge in [-0.1, -0.05) is 37.1 Å². The quantitative estimate of drug-likeness (QED) is 0.736. The summed E-state index contributed by atoms with van der Waals surface area (Å²) in [4.78, 5) is 11.0. The molecular formula is C13H15NO2. The molecule has 1 rings (SSSR count). The molecular weight excluding hydrogens is 202 g/mol. The number of carboxylic acids is 1. The summed E-state index contributed by atoms with van der Waals surface area (Å²) < 4.78 is 0. The van der Waals surface area contributed by atoms with E-state index in [0.717, 1.165) is 12.0 Å². The fourth-order valence-corrected chi connectivity index (χ4v) is 1.45. The molecule has 0 aliphatic rings. The van der Waals surface area contributed by atoms with Crippen LogP contribution in [0.3, 0.4) is 0 Å². The van der Waals surface area contributed by atoms with E-state index < -0.39 is 12.0 Å². The predicted molar refractivity (Wildman–Crippen MR) is 63.0 cm³/mol. The monoisotopic (exact) mass is 217 g/mol. The summed E-state index contributed by atoms with van der Waals surface area (Å²) >= 11 is 0. The van der Waals surface area contributed by atoms with E-state index in [0.29, 0.717) is 0 Å². The van der Waals surface area contributed by atoms with E-state index >= 15 is 0 Å². The first-order valence-electron chi connectivity index (χ1n) is 5.17. The molecule has 1 unspecified atom stereocenters. The maximum absolute atomic E-state index is 11.0. The van der Waals surface area contributed by atoms with Crippen LogP contribution in [0.15, 0.2) is 24.3 Å². The summed E-state index contributed by atoms with van der Waals surface area (Å²) in [7, 11) is 0. The molecule has 0 aliphatic heterocycles. The van der Waals surface area contributed by atoms with Crippen molar-refractivity contribution < 1.29 is 9.90 Å². The number of rotatable bonds is 5. The van der Waals surface area contributed by atoms with Gasteiger partial charge in [-0.15, -0.1) is 6.42 Å². The normalized spacial score (nSPS) is 11.8. The van der Waals surface area contributed by atoms with Gasteiger partial charge in [-0.25, -0.2) is 0 Å². The van der Waals surface area contributed by atoms with Crippen molar-refractivity contribution in [2.45, 2.75) is 19.4 Å². The zero-order valence-electron chi connectivity index (χ0n) is 9.23. The summed E-state index contributed by atoms with van der Waals surface area (Å²) in [5.41, 5.74) is 1.91. The highest BCUT2D eigenvalue weighted by Crippen LogP contribution is 2.14. The van der Waals surface area contributed by atoms with Gasteiger partial charge in [-0.3, -0.25) is 10.1 Å². The molecule has 16 heavy (non-hydrogen) atoms. The van der Waals surface area contributed by atoms with Gasteiger partial charge in [0.05, 0.1) is 6.54 Å². The van der Waals surface area contributed by atoms with Gasteiger partial charge in [0.2, 0.25) is 0 Å². The molecule has 0 spiro atoms. The SMILES string of the molecule is C#CCNC(C(=O)O)c1ccc(CC)cc1. The second-order valence-electron chi connectivity index (χ2n) is 3.45. The second-order valence-corrected chi connectivity index (χ2v) is 3.45. The summed E-state index contributed by atoms with van der Waals surface area (Å²) in [5, 5.41) is 11.8. The Morgan fingerprint density at radius 3 is 2.56 bits per heavy atom. The van der Waals surface area contributed by atoms with Gasteiger partial charge in [-0.05, 0) is 17.5 Å². The Bertz CT molecular complexity index is 389. The molecule has 0 aromatic heterocycles. The fraction of sp³-hybridized carbons (Fsp3) is 0.308. The number of carbonyl (C=O) groups is 1. The summed E-state index contributed by atoms with van der Waals surface area (Å²) in [6.07, 6.45) is 6.04. The van der Waals surface area contributed by atoms with Crippen LogP contribution in [0.2, 0.25) is 0 Å². The first kappa shape index (κ1) is 12.3. The lowest BCUT2D eigenvalue weighted by molar-refractivity contribution is -0.139. The first-order valence-corrected chi connectivity index (χ1v) is 5.17. The van der Waals surface area contributed by atoms with E-state index in [1.807, 2.05) is 24.3 Å². The number of benzene rings is 1. The van der Waals surface area contributed by atoms with Crippen LogP contribution in [0, 0.1) is 12.3 Å². The van der Waals surface area contributed by atoms with Gasteiger partial charge in [0.1, 0.15) is 6.04 Å². The molecule has 84 valence electrons. The first-order chi connectivity index (χ1) is 7.69. The van der Waals surface area contributed by atoms with Crippen molar-refractivity contribution in [3.8, 4) is 12.3 Å². The van der Waals surface area contributed by atoms with E-state index in [4.69, 9.17) is 11.5 Å². The molecule has 0 saturated heterocycles. The number of nitrogens with one attached hydrogen (secondary N) is 1. The van der Waals surface area contributed by atoms with Crippen LogP contribution < -0.4 is 5.32 Å². The number of hydrogen-bond donors (Lipinski definition) is 2. The van der Waals surface area contributed by atoms with Crippen molar-refractivity contribution >= 4 is 5.97 Å². The molecule has 2 N–H and O–H groups in total. The summed E-state index contributed by atoms with van der Waals surface area (Å²) in [5.74, 6) is 1.45. The number of hydrogen-bond acceptors (Lipinski definition) is 2. The number of aliphatic carboxylic acids is 1. The Kier molecular flexibility index (Phi) is 4.56. The molecule has 1 aromatic carbocycles. The average molecular weight is 217 g/mol. The largest absolute Gasteiger partial charge is 0.480 e. The van der Waals surface area contributed by atoms with Crippen LogP contribution in [0.5, 0.6) is 0 Å². The van der Waals surface area contributed by atoms with Crippen LogP contribution in [-0.4, -0.2) is 17.6 Å². The van der Waals surface area contributed by atoms with Gasteiger partial charge in [-0.2, -0.15) is 0 Å².